The van der Waals surface area contributed by atoms with E-state index in [1.54, 1.807) is 6.07 Å². The lowest BCUT2D eigenvalue weighted by molar-refractivity contribution is 0.0475. The summed E-state index contributed by atoms with van der Waals surface area (Å²) in [6.07, 6.45) is 0.845. The van der Waals surface area contributed by atoms with E-state index >= 15 is 0 Å². The molecule has 1 aliphatic rings. The van der Waals surface area contributed by atoms with Crippen LogP contribution in [-0.2, 0) is 11.2 Å². The number of hydrogen-bond acceptors (Lipinski definition) is 3. The van der Waals surface area contributed by atoms with E-state index in [9.17, 15) is 14.0 Å². The second-order valence-electron chi connectivity index (χ2n) is 6.33. The van der Waals surface area contributed by atoms with Gasteiger partial charge in [-0.3, -0.25) is 4.79 Å². The lowest BCUT2D eigenvalue weighted by Crippen LogP contribution is -2.14. The number of fused-ring (bicyclic) bond motifs is 3. The van der Waals surface area contributed by atoms with E-state index in [0.717, 1.165) is 29.7 Å². The first kappa shape index (κ1) is 17.4. The molecule has 3 aromatic rings. The molecule has 0 aromatic heterocycles. The van der Waals surface area contributed by atoms with Gasteiger partial charge in [0.2, 0.25) is 0 Å². The molecule has 5 heteroatoms. The van der Waals surface area contributed by atoms with Gasteiger partial charge in [-0.15, -0.1) is 0 Å². The van der Waals surface area contributed by atoms with E-state index in [2.05, 4.69) is 6.07 Å². The van der Waals surface area contributed by atoms with Crippen molar-refractivity contribution in [1.29, 1.82) is 0 Å². The third kappa shape index (κ3) is 3.36. The van der Waals surface area contributed by atoms with Crippen molar-refractivity contribution in [3.63, 3.8) is 0 Å². The molecule has 0 saturated heterocycles. The van der Waals surface area contributed by atoms with E-state index in [0.29, 0.717) is 5.56 Å². The third-order valence-electron chi connectivity index (χ3n) is 4.61. The zero-order valence-corrected chi connectivity index (χ0v) is 14.9. The van der Waals surface area contributed by atoms with Crippen molar-refractivity contribution in [2.45, 2.75) is 6.42 Å². The number of hydrogen-bond donors (Lipinski definition) is 0. The Morgan fingerprint density at radius 1 is 0.963 bits per heavy atom. The average Bonchev–Trinajstić information content (AvgIpc) is 3.03. The summed E-state index contributed by atoms with van der Waals surface area (Å²) < 4.78 is 18.1. The fraction of sp³-hybridized carbons (Fsp3) is 0.0909. The van der Waals surface area contributed by atoms with Crippen LogP contribution in [0.5, 0.6) is 0 Å². The van der Waals surface area contributed by atoms with Gasteiger partial charge in [-0.2, -0.15) is 0 Å². The summed E-state index contributed by atoms with van der Waals surface area (Å²) in [6.45, 7) is -0.410. The van der Waals surface area contributed by atoms with Crippen LogP contribution < -0.4 is 0 Å². The Morgan fingerprint density at radius 2 is 1.74 bits per heavy atom. The van der Waals surface area contributed by atoms with Crippen molar-refractivity contribution in [2.75, 3.05) is 6.61 Å². The van der Waals surface area contributed by atoms with Crippen molar-refractivity contribution in [2.24, 2.45) is 0 Å². The van der Waals surface area contributed by atoms with Crippen molar-refractivity contribution in [3.8, 4) is 11.1 Å². The number of benzene rings is 3. The van der Waals surface area contributed by atoms with E-state index in [-0.39, 0.29) is 16.4 Å². The standard InChI is InChI=1S/C22H14ClFO3/c23-20-11-16(24)7-8-18(20)22(26)27-12-21(25)15-6-5-14-9-13-3-1-2-4-17(13)19(14)10-15/h1-8,10-11H,9,12H2. The minimum atomic E-state index is -0.764. The highest BCUT2D eigenvalue weighted by molar-refractivity contribution is 6.33. The molecular weight excluding hydrogens is 367 g/mol. The van der Waals surface area contributed by atoms with Crippen LogP contribution in [0.2, 0.25) is 5.02 Å². The van der Waals surface area contributed by atoms with Crippen LogP contribution in [-0.4, -0.2) is 18.4 Å². The average molecular weight is 381 g/mol. The van der Waals surface area contributed by atoms with Crippen LogP contribution >= 0.6 is 11.6 Å². The van der Waals surface area contributed by atoms with E-state index in [4.69, 9.17) is 16.3 Å². The van der Waals surface area contributed by atoms with E-state index in [1.165, 1.54) is 17.2 Å². The summed E-state index contributed by atoms with van der Waals surface area (Å²) >= 11 is 5.84. The zero-order valence-electron chi connectivity index (χ0n) is 14.2. The molecule has 0 amide bonds. The maximum absolute atomic E-state index is 13.1. The van der Waals surface area contributed by atoms with Gasteiger partial charge in [0.15, 0.2) is 12.4 Å². The number of Topliss-reactive ketones (excluding diaryl/α,β-unsaturated/α-hetero) is 1. The van der Waals surface area contributed by atoms with Crippen molar-refractivity contribution >= 4 is 23.4 Å². The molecule has 0 spiro atoms. The molecule has 0 N–H and O–H groups in total. The quantitative estimate of drug-likeness (QED) is 0.366. The second kappa shape index (κ2) is 6.97. The predicted molar refractivity (Wildman–Crippen MR) is 101 cm³/mol. The number of ketones is 1. The summed E-state index contributed by atoms with van der Waals surface area (Å²) in [7, 11) is 0. The lowest BCUT2D eigenvalue weighted by atomic mass is 10.0. The Balaban J connectivity index is 1.49. The van der Waals surface area contributed by atoms with E-state index in [1.807, 2.05) is 30.3 Å². The molecule has 0 bridgehead atoms. The number of carbonyl (C=O) groups excluding carboxylic acids is 2. The van der Waals surface area contributed by atoms with Crippen LogP contribution in [0.1, 0.15) is 31.8 Å². The van der Waals surface area contributed by atoms with Crippen molar-refractivity contribution in [3.05, 3.63) is 93.8 Å². The highest BCUT2D eigenvalue weighted by atomic mass is 35.5. The maximum atomic E-state index is 13.1. The largest absolute Gasteiger partial charge is 0.454 e. The fourth-order valence-electron chi connectivity index (χ4n) is 3.24. The Labute approximate surface area is 160 Å². The summed E-state index contributed by atoms with van der Waals surface area (Å²) in [5.41, 5.74) is 5.05. The van der Waals surface area contributed by atoms with Crippen LogP contribution in [0.4, 0.5) is 4.39 Å². The predicted octanol–water partition coefficient (Wildman–Crippen LogP) is 5.09. The van der Waals surface area contributed by atoms with Gasteiger partial charge >= 0.3 is 5.97 Å². The van der Waals surface area contributed by atoms with Gasteiger partial charge in [-0.05, 0) is 52.9 Å². The zero-order chi connectivity index (χ0) is 19.0. The summed E-state index contributed by atoms with van der Waals surface area (Å²) in [6, 6.07) is 17.0. The van der Waals surface area contributed by atoms with Gasteiger partial charge in [0.1, 0.15) is 5.82 Å². The van der Waals surface area contributed by atoms with Gasteiger partial charge in [0.05, 0.1) is 10.6 Å². The smallest absolute Gasteiger partial charge is 0.340 e. The number of carbonyl (C=O) groups is 2. The SMILES string of the molecule is O=C(COC(=O)c1ccc(F)cc1Cl)c1ccc2c(c1)-c1ccccc1C2. The third-order valence-corrected chi connectivity index (χ3v) is 4.92. The summed E-state index contributed by atoms with van der Waals surface area (Å²) in [4.78, 5) is 24.5. The molecule has 0 aliphatic heterocycles. The molecule has 3 nitrogen and oxygen atoms in total. The molecule has 0 fully saturated rings. The number of rotatable bonds is 4. The molecule has 27 heavy (non-hydrogen) atoms. The van der Waals surface area contributed by atoms with Gasteiger partial charge in [0.25, 0.3) is 0 Å². The highest BCUT2D eigenvalue weighted by Crippen LogP contribution is 2.36. The molecule has 0 atom stereocenters. The molecule has 134 valence electrons. The van der Waals surface area contributed by atoms with Crippen LogP contribution in [0.15, 0.2) is 60.7 Å². The molecule has 0 radical (unpaired) electrons. The van der Waals surface area contributed by atoms with Crippen LogP contribution in [0.3, 0.4) is 0 Å². The minimum absolute atomic E-state index is 0.0220. The van der Waals surface area contributed by atoms with Crippen molar-refractivity contribution in [1.82, 2.24) is 0 Å². The lowest BCUT2D eigenvalue weighted by Gasteiger charge is -2.08. The molecular formula is C22H14ClFO3. The molecule has 4 rings (SSSR count). The van der Waals surface area contributed by atoms with E-state index < -0.39 is 18.4 Å². The topological polar surface area (TPSA) is 43.4 Å². The first-order chi connectivity index (χ1) is 13.0. The molecule has 0 saturated carbocycles. The molecule has 0 heterocycles. The maximum Gasteiger partial charge on any atom is 0.340 e. The van der Waals surface area contributed by atoms with Crippen LogP contribution in [0.25, 0.3) is 11.1 Å². The molecule has 1 aliphatic carbocycles. The minimum Gasteiger partial charge on any atom is -0.454 e. The van der Waals surface area contributed by atoms with Crippen LogP contribution in [0, 0.1) is 5.82 Å². The highest BCUT2D eigenvalue weighted by Gasteiger charge is 2.20. The Hall–Kier alpha value is -2.98. The summed E-state index contributed by atoms with van der Waals surface area (Å²) in [5, 5.41) is -0.0541. The first-order valence-electron chi connectivity index (χ1n) is 8.39. The van der Waals surface area contributed by atoms with Gasteiger partial charge in [-0.25, -0.2) is 9.18 Å². The van der Waals surface area contributed by atoms with Crippen molar-refractivity contribution < 1.29 is 18.7 Å². The molecule has 3 aromatic carbocycles. The second-order valence-corrected chi connectivity index (χ2v) is 6.74. The number of ether oxygens (including phenoxy) is 1. The molecule has 0 unspecified atom stereocenters. The monoisotopic (exact) mass is 380 g/mol. The number of halogens is 2. The Bertz CT molecular complexity index is 1070. The number of esters is 1. The van der Waals surface area contributed by atoms with Gasteiger partial charge in [0, 0.05) is 5.56 Å². The summed E-state index contributed by atoms with van der Waals surface area (Å²) in [5.74, 6) is -1.63. The Kier molecular flexibility index (Phi) is 4.50. The Morgan fingerprint density at radius 3 is 2.56 bits per heavy atom. The first-order valence-corrected chi connectivity index (χ1v) is 8.77. The fourth-order valence-corrected chi connectivity index (χ4v) is 3.49. The normalized spacial score (nSPS) is 11.6. The van der Waals surface area contributed by atoms with Gasteiger partial charge in [-0.1, -0.05) is 48.0 Å². The van der Waals surface area contributed by atoms with Gasteiger partial charge < -0.3 is 4.74 Å².